The molecule has 2 rings (SSSR count). The Morgan fingerprint density at radius 3 is 2.71 bits per heavy atom. The smallest absolute Gasteiger partial charge is 0.220 e. The van der Waals surface area contributed by atoms with Crippen molar-refractivity contribution >= 4 is 10.8 Å². The van der Waals surface area contributed by atoms with Crippen LogP contribution in [0, 0.1) is 5.95 Å². The Balaban J connectivity index is 2.68. The minimum atomic E-state index is -0.455. The van der Waals surface area contributed by atoms with Crippen molar-refractivity contribution in [3.8, 4) is 5.75 Å². The highest BCUT2D eigenvalue weighted by atomic mass is 19.1. The van der Waals surface area contributed by atoms with E-state index in [0.717, 1.165) is 5.39 Å². The Kier molecular flexibility index (Phi) is 2.31. The van der Waals surface area contributed by atoms with Crippen LogP contribution in [-0.2, 0) is 0 Å². The lowest BCUT2D eigenvalue weighted by Crippen LogP contribution is -1.95. The van der Waals surface area contributed by atoms with Gasteiger partial charge < -0.3 is 4.74 Å². The lowest BCUT2D eigenvalue weighted by Gasteiger charge is -2.06. The zero-order valence-corrected chi connectivity index (χ0v) is 7.83. The van der Waals surface area contributed by atoms with Crippen molar-refractivity contribution in [3.63, 3.8) is 0 Å². The summed E-state index contributed by atoms with van der Waals surface area (Å²) in [5.74, 6) is 0.175. The molecule has 14 heavy (non-hydrogen) atoms. The average molecular weight is 191 g/mol. The highest BCUT2D eigenvalue weighted by Gasteiger charge is 2.06. The summed E-state index contributed by atoms with van der Waals surface area (Å²) in [5, 5.41) is 1.26. The maximum absolute atomic E-state index is 13.2. The van der Waals surface area contributed by atoms with E-state index in [4.69, 9.17) is 4.74 Å². The fourth-order valence-corrected chi connectivity index (χ4v) is 1.40. The summed E-state index contributed by atoms with van der Waals surface area (Å²) < 4.78 is 18.6. The highest BCUT2D eigenvalue weighted by Crippen LogP contribution is 2.25. The average Bonchev–Trinajstić information content (AvgIpc) is 2.23. The van der Waals surface area contributed by atoms with Crippen LogP contribution in [0.25, 0.3) is 10.8 Å². The molecule has 72 valence electrons. The Labute approximate surface area is 81.3 Å². The molecular weight excluding hydrogens is 181 g/mol. The SMILES string of the molecule is CCOc1cnc(F)c2ccccc12. The van der Waals surface area contributed by atoms with E-state index in [0.29, 0.717) is 17.7 Å². The predicted octanol–water partition coefficient (Wildman–Crippen LogP) is 2.77. The first-order chi connectivity index (χ1) is 6.83. The van der Waals surface area contributed by atoms with Crippen LogP contribution >= 0.6 is 0 Å². The van der Waals surface area contributed by atoms with Gasteiger partial charge in [0.1, 0.15) is 5.75 Å². The zero-order chi connectivity index (χ0) is 9.97. The van der Waals surface area contributed by atoms with Crippen LogP contribution in [-0.4, -0.2) is 11.6 Å². The monoisotopic (exact) mass is 191 g/mol. The van der Waals surface area contributed by atoms with E-state index < -0.39 is 5.95 Å². The lowest BCUT2D eigenvalue weighted by molar-refractivity contribution is 0.342. The van der Waals surface area contributed by atoms with Gasteiger partial charge in [0.25, 0.3) is 0 Å². The normalized spacial score (nSPS) is 10.4. The molecule has 0 radical (unpaired) electrons. The second-order valence-electron chi connectivity index (χ2n) is 2.89. The van der Waals surface area contributed by atoms with Gasteiger partial charge in [-0.2, -0.15) is 4.39 Å². The van der Waals surface area contributed by atoms with E-state index in [1.165, 1.54) is 6.20 Å². The second-order valence-corrected chi connectivity index (χ2v) is 2.89. The Morgan fingerprint density at radius 2 is 2.00 bits per heavy atom. The van der Waals surface area contributed by atoms with Gasteiger partial charge in [-0.1, -0.05) is 18.2 Å². The number of halogens is 1. The van der Waals surface area contributed by atoms with Crippen LogP contribution in [0.4, 0.5) is 4.39 Å². The van der Waals surface area contributed by atoms with E-state index in [9.17, 15) is 4.39 Å². The number of pyridine rings is 1. The molecule has 0 N–H and O–H groups in total. The number of benzene rings is 1. The second kappa shape index (κ2) is 3.62. The molecule has 0 unspecified atom stereocenters. The molecule has 0 amide bonds. The third-order valence-corrected chi connectivity index (χ3v) is 2.01. The largest absolute Gasteiger partial charge is 0.492 e. The van der Waals surface area contributed by atoms with Crippen LogP contribution in [0.3, 0.4) is 0 Å². The molecule has 1 aromatic carbocycles. The minimum absolute atomic E-state index is 0.455. The third kappa shape index (κ3) is 1.41. The number of ether oxygens (including phenoxy) is 1. The maximum atomic E-state index is 13.2. The van der Waals surface area contributed by atoms with Crippen LogP contribution < -0.4 is 4.74 Å². The maximum Gasteiger partial charge on any atom is 0.220 e. The Bertz CT molecular complexity index is 456. The standard InChI is InChI=1S/C11H10FNO/c1-2-14-10-7-13-11(12)9-6-4-3-5-8(9)10/h3-7H,2H2,1H3. The minimum Gasteiger partial charge on any atom is -0.492 e. The molecule has 0 atom stereocenters. The first-order valence-corrected chi connectivity index (χ1v) is 4.49. The van der Waals surface area contributed by atoms with Crippen molar-refractivity contribution in [2.24, 2.45) is 0 Å². The number of fused-ring (bicyclic) bond motifs is 1. The first kappa shape index (κ1) is 8.94. The Hall–Kier alpha value is -1.64. The molecule has 0 spiro atoms. The van der Waals surface area contributed by atoms with Gasteiger partial charge in [-0.3, -0.25) is 0 Å². The van der Waals surface area contributed by atoms with Gasteiger partial charge in [0.2, 0.25) is 5.95 Å². The molecule has 0 aliphatic carbocycles. The number of hydrogen-bond donors (Lipinski definition) is 0. The number of nitrogens with zero attached hydrogens (tertiary/aromatic N) is 1. The van der Waals surface area contributed by atoms with Gasteiger partial charge in [0, 0.05) is 10.8 Å². The van der Waals surface area contributed by atoms with E-state index in [1.807, 2.05) is 19.1 Å². The van der Waals surface area contributed by atoms with E-state index in [1.54, 1.807) is 12.1 Å². The van der Waals surface area contributed by atoms with E-state index in [-0.39, 0.29) is 0 Å². The van der Waals surface area contributed by atoms with Gasteiger partial charge in [0.15, 0.2) is 0 Å². The fourth-order valence-electron chi connectivity index (χ4n) is 1.40. The third-order valence-electron chi connectivity index (χ3n) is 2.01. The van der Waals surface area contributed by atoms with Gasteiger partial charge >= 0.3 is 0 Å². The molecule has 0 aliphatic rings. The fraction of sp³-hybridized carbons (Fsp3) is 0.182. The summed E-state index contributed by atoms with van der Waals surface area (Å²) in [5.41, 5.74) is 0. The molecule has 2 aromatic rings. The first-order valence-electron chi connectivity index (χ1n) is 4.49. The molecule has 0 aliphatic heterocycles. The lowest BCUT2D eigenvalue weighted by atomic mass is 10.1. The molecule has 3 heteroatoms. The molecule has 2 nitrogen and oxygen atoms in total. The van der Waals surface area contributed by atoms with Crippen LogP contribution in [0.2, 0.25) is 0 Å². The topological polar surface area (TPSA) is 22.1 Å². The van der Waals surface area contributed by atoms with E-state index >= 15 is 0 Å². The van der Waals surface area contributed by atoms with Crippen molar-refractivity contribution in [3.05, 3.63) is 36.4 Å². The van der Waals surface area contributed by atoms with Gasteiger partial charge in [-0.05, 0) is 13.0 Å². The van der Waals surface area contributed by atoms with Crippen molar-refractivity contribution in [1.82, 2.24) is 4.98 Å². The quantitative estimate of drug-likeness (QED) is 0.681. The Morgan fingerprint density at radius 1 is 1.29 bits per heavy atom. The van der Waals surface area contributed by atoms with Crippen molar-refractivity contribution in [1.29, 1.82) is 0 Å². The van der Waals surface area contributed by atoms with Crippen molar-refractivity contribution in [2.75, 3.05) is 6.61 Å². The summed E-state index contributed by atoms with van der Waals surface area (Å²) >= 11 is 0. The zero-order valence-electron chi connectivity index (χ0n) is 7.83. The molecule has 0 bridgehead atoms. The van der Waals surface area contributed by atoms with Gasteiger partial charge in [0.05, 0.1) is 12.8 Å². The van der Waals surface area contributed by atoms with Crippen LogP contribution in [0.1, 0.15) is 6.92 Å². The summed E-state index contributed by atoms with van der Waals surface area (Å²) in [6.45, 7) is 2.44. The van der Waals surface area contributed by atoms with Crippen molar-refractivity contribution < 1.29 is 9.13 Å². The van der Waals surface area contributed by atoms with Crippen LogP contribution in [0.15, 0.2) is 30.5 Å². The number of hydrogen-bond acceptors (Lipinski definition) is 2. The summed E-state index contributed by atoms with van der Waals surface area (Å²) in [6, 6.07) is 7.15. The number of rotatable bonds is 2. The molecular formula is C11H10FNO. The molecule has 1 aromatic heterocycles. The van der Waals surface area contributed by atoms with Crippen molar-refractivity contribution in [2.45, 2.75) is 6.92 Å². The van der Waals surface area contributed by atoms with Gasteiger partial charge in [-0.15, -0.1) is 0 Å². The highest BCUT2D eigenvalue weighted by molar-refractivity contribution is 5.87. The molecule has 1 heterocycles. The molecule has 0 saturated carbocycles. The summed E-state index contributed by atoms with van der Waals surface area (Å²) in [6.07, 6.45) is 1.42. The summed E-state index contributed by atoms with van der Waals surface area (Å²) in [7, 11) is 0. The summed E-state index contributed by atoms with van der Waals surface area (Å²) in [4.78, 5) is 3.63. The predicted molar refractivity (Wildman–Crippen MR) is 52.9 cm³/mol. The van der Waals surface area contributed by atoms with Gasteiger partial charge in [-0.25, -0.2) is 4.98 Å². The molecule has 0 fully saturated rings. The number of aromatic nitrogens is 1. The van der Waals surface area contributed by atoms with E-state index in [2.05, 4.69) is 4.98 Å². The van der Waals surface area contributed by atoms with Crippen LogP contribution in [0.5, 0.6) is 5.75 Å². The molecule has 0 saturated heterocycles.